The first-order chi connectivity index (χ1) is 7.63. The second-order valence-electron chi connectivity index (χ2n) is 4.52. The predicted octanol–water partition coefficient (Wildman–Crippen LogP) is 1.79. The maximum atomic E-state index is 11.6. The molecule has 2 rings (SSSR count). The first-order valence-corrected chi connectivity index (χ1v) is 5.70. The Kier molecular flexibility index (Phi) is 2.86. The number of hydrogen-bond acceptors (Lipinski definition) is 3. The zero-order valence-corrected chi connectivity index (χ0v) is 9.69. The van der Waals surface area contributed by atoms with Gasteiger partial charge in [-0.3, -0.25) is 4.79 Å². The van der Waals surface area contributed by atoms with Crippen LogP contribution in [0.3, 0.4) is 0 Å². The number of allylic oxidation sites excluding steroid dienone is 2. The molecule has 0 spiro atoms. The fourth-order valence-electron chi connectivity index (χ4n) is 2.26. The molecule has 0 N–H and O–H groups in total. The number of carbonyl (C=O) groups excluding carboxylic acids is 1. The van der Waals surface area contributed by atoms with Gasteiger partial charge in [-0.25, -0.2) is 0 Å². The SMILES string of the molecule is CC1=C(C#N)OC(N2CCCC2=O)CC1C. The van der Waals surface area contributed by atoms with E-state index in [4.69, 9.17) is 10.00 Å². The number of likely N-dealkylation sites (tertiary alicyclic amines) is 1. The second-order valence-corrected chi connectivity index (χ2v) is 4.52. The van der Waals surface area contributed by atoms with Crippen LogP contribution in [0.15, 0.2) is 11.3 Å². The van der Waals surface area contributed by atoms with Crippen LogP contribution in [0, 0.1) is 17.2 Å². The normalized spacial score (nSPS) is 30.3. The minimum absolute atomic E-state index is 0.147. The molecule has 1 saturated heterocycles. The largest absolute Gasteiger partial charge is 0.460 e. The van der Waals surface area contributed by atoms with E-state index in [1.54, 1.807) is 4.90 Å². The van der Waals surface area contributed by atoms with Crippen molar-refractivity contribution in [1.82, 2.24) is 4.90 Å². The Labute approximate surface area is 95.5 Å². The van der Waals surface area contributed by atoms with Crippen LogP contribution in [0.2, 0.25) is 0 Å². The minimum atomic E-state index is -0.233. The Balaban J connectivity index is 2.16. The lowest BCUT2D eigenvalue weighted by Crippen LogP contribution is -2.41. The van der Waals surface area contributed by atoms with E-state index in [9.17, 15) is 4.79 Å². The highest BCUT2D eigenvalue weighted by atomic mass is 16.5. The molecule has 0 saturated carbocycles. The molecule has 16 heavy (non-hydrogen) atoms. The Morgan fingerprint density at radius 3 is 2.88 bits per heavy atom. The molecule has 2 atom stereocenters. The summed E-state index contributed by atoms with van der Waals surface area (Å²) >= 11 is 0. The summed E-state index contributed by atoms with van der Waals surface area (Å²) in [6.45, 7) is 4.75. The van der Waals surface area contributed by atoms with Crippen LogP contribution < -0.4 is 0 Å². The van der Waals surface area contributed by atoms with E-state index in [-0.39, 0.29) is 12.1 Å². The average Bonchev–Trinajstić information content (AvgIpc) is 2.68. The van der Waals surface area contributed by atoms with Crippen LogP contribution in [-0.2, 0) is 9.53 Å². The van der Waals surface area contributed by atoms with Crippen LogP contribution in [-0.4, -0.2) is 23.6 Å². The van der Waals surface area contributed by atoms with Crippen molar-refractivity contribution < 1.29 is 9.53 Å². The summed E-state index contributed by atoms with van der Waals surface area (Å²) < 4.78 is 5.60. The molecule has 0 aliphatic carbocycles. The predicted molar refractivity (Wildman–Crippen MR) is 57.9 cm³/mol. The Bertz CT molecular complexity index is 381. The number of ether oxygens (including phenoxy) is 1. The fraction of sp³-hybridized carbons (Fsp3) is 0.667. The molecule has 2 aliphatic rings. The fourth-order valence-corrected chi connectivity index (χ4v) is 2.26. The molecule has 0 bridgehead atoms. The summed E-state index contributed by atoms with van der Waals surface area (Å²) in [6.07, 6.45) is 2.07. The minimum Gasteiger partial charge on any atom is -0.460 e. The number of carbonyl (C=O) groups is 1. The molecule has 1 amide bonds. The van der Waals surface area contributed by atoms with E-state index in [0.717, 1.165) is 25.0 Å². The molecule has 4 nitrogen and oxygen atoms in total. The molecular weight excluding hydrogens is 204 g/mol. The molecule has 0 aromatic rings. The van der Waals surface area contributed by atoms with Gasteiger partial charge in [-0.1, -0.05) is 6.92 Å². The van der Waals surface area contributed by atoms with Crippen LogP contribution in [0.25, 0.3) is 0 Å². The second kappa shape index (κ2) is 4.17. The third kappa shape index (κ3) is 1.78. The van der Waals surface area contributed by atoms with Gasteiger partial charge in [-0.2, -0.15) is 5.26 Å². The van der Waals surface area contributed by atoms with Gasteiger partial charge in [0.15, 0.2) is 12.0 Å². The zero-order valence-electron chi connectivity index (χ0n) is 9.69. The highest BCUT2D eigenvalue weighted by Crippen LogP contribution is 2.31. The smallest absolute Gasteiger partial charge is 0.225 e. The van der Waals surface area contributed by atoms with Crippen molar-refractivity contribution in [3.63, 3.8) is 0 Å². The van der Waals surface area contributed by atoms with Gasteiger partial charge in [-0.15, -0.1) is 0 Å². The van der Waals surface area contributed by atoms with Crippen LogP contribution in [0.1, 0.15) is 33.1 Å². The van der Waals surface area contributed by atoms with Crippen LogP contribution in [0.5, 0.6) is 0 Å². The third-order valence-electron chi connectivity index (χ3n) is 3.47. The van der Waals surface area contributed by atoms with Gasteiger partial charge < -0.3 is 9.64 Å². The van der Waals surface area contributed by atoms with E-state index in [1.165, 1.54) is 0 Å². The first-order valence-electron chi connectivity index (χ1n) is 5.70. The third-order valence-corrected chi connectivity index (χ3v) is 3.47. The van der Waals surface area contributed by atoms with Crippen molar-refractivity contribution in [3.05, 3.63) is 11.3 Å². The number of hydrogen-bond donors (Lipinski definition) is 0. The first kappa shape index (κ1) is 11.0. The summed E-state index contributed by atoms with van der Waals surface area (Å²) in [5.41, 5.74) is 0.991. The van der Waals surface area contributed by atoms with E-state index >= 15 is 0 Å². The summed E-state index contributed by atoms with van der Waals surface area (Å²) in [7, 11) is 0. The van der Waals surface area contributed by atoms with E-state index < -0.39 is 0 Å². The van der Waals surface area contributed by atoms with Crippen molar-refractivity contribution in [3.8, 4) is 6.07 Å². The average molecular weight is 220 g/mol. The van der Waals surface area contributed by atoms with Crippen molar-refractivity contribution in [1.29, 1.82) is 5.26 Å². The van der Waals surface area contributed by atoms with Gasteiger partial charge in [0, 0.05) is 19.4 Å². The molecule has 1 fully saturated rings. The number of amides is 1. The standard InChI is InChI=1S/C12H16N2O2/c1-8-6-12(14-5-3-4-11(14)15)16-10(7-13)9(8)2/h8,12H,3-6H2,1-2H3. The van der Waals surface area contributed by atoms with E-state index in [2.05, 4.69) is 13.0 Å². The highest BCUT2D eigenvalue weighted by Gasteiger charge is 2.34. The summed E-state index contributed by atoms with van der Waals surface area (Å²) in [6, 6.07) is 2.07. The Morgan fingerprint density at radius 2 is 2.31 bits per heavy atom. The van der Waals surface area contributed by atoms with Crippen molar-refractivity contribution >= 4 is 5.91 Å². The van der Waals surface area contributed by atoms with Gasteiger partial charge >= 0.3 is 0 Å². The van der Waals surface area contributed by atoms with Crippen LogP contribution in [0.4, 0.5) is 0 Å². The molecule has 86 valence electrons. The van der Waals surface area contributed by atoms with Crippen LogP contribution >= 0.6 is 0 Å². The van der Waals surface area contributed by atoms with Crippen molar-refractivity contribution in [2.45, 2.75) is 39.3 Å². The molecule has 0 aromatic carbocycles. The van der Waals surface area contributed by atoms with Crippen molar-refractivity contribution in [2.24, 2.45) is 5.92 Å². The van der Waals surface area contributed by atoms with Gasteiger partial charge in [-0.05, 0) is 24.8 Å². The van der Waals surface area contributed by atoms with E-state index in [0.29, 0.717) is 18.1 Å². The zero-order chi connectivity index (χ0) is 11.7. The lowest BCUT2D eigenvalue weighted by atomic mass is 9.94. The summed E-state index contributed by atoms with van der Waals surface area (Å²) in [5, 5.41) is 8.97. The summed E-state index contributed by atoms with van der Waals surface area (Å²) in [5.74, 6) is 0.847. The Morgan fingerprint density at radius 1 is 1.56 bits per heavy atom. The maximum Gasteiger partial charge on any atom is 0.225 e. The molecule has 0 radical (unpaired) electrons. The van der Waals surface area contributed by atoms with Gasteiger partial charge in [0.2, 0.25) is 5.91 Å². The highest BCUT2D eigenvalue weighted by molar-refractivity contribution is 5.78. The lowest BCUT2D eigenvalue weighted by molar-refractivity contribution is -0.139. The topological polar surface area (TPSA) is 53.3 Å². The lowest BCUT2D eigenvalue weighted by Gasteiger charge is -2.34. The molecule has 2 heterocycles. The van der Waals surface area contributed by atoms with Gasteiger partial charge in [0.25, 0.3) is 0 Å². The molecule has 2 unspecified atom stereocenters. The van der Waals surface area contributed by atoms with E-state index in [1.807, 2.05) is 6.92 Å². The monoisotopic (exact) mass is 220 g/mol. The van der Waals surface area contributed by atoms with Gasteiger partial charge in [0.05, 0.1) is 0 Å². The molecule has 4 heteroatoms. The number of nitrogens with zero attached hydrogens (tertiary/aromatic N) is 2. The van der Waals surface area contributed by atoms with Crippen molar-refractivity contribution in [2.75, 3.05) is 6.54 Å². The summed E-state index contributed by atoms with van der Waals surface area (Å²) in [4.78, 5) is 13.4. The quantitative estimate of drug-likeness (QED) is 0.677. The molecule has 2 aliphatic heterocycles. The number of nitriles is 1. The maximum absolute atomic E-state index is 11.6. The molecule has 0 aromatic heterocycles. The van der Waals surface area contributed by atoms with Gasteiger partial charge in [0.1, 0.15) is 6.07 Å². The number of rotatable bonds is 1. The Hall–Kier alpha value is -1.50. The molecular formula is C12H16N2O2.